The average Bonchev–Trinajstić information content (AvgIpc) is 3.72. The Bertz CT molecular complexity index is 2190. The van der Waals surface area contributed by atoms with Crippen LogP contribution in [0.25, 0.3) is 11.4 Å². The summed E-state index contributed by atoms with van der Waals surface area (Å²) in [6, 6.07) is 1.35. The van der Waals surface area contributed by atoms with Gasteiger partial charge in [0.25, 0.3) is 17.0 Å². The fraction of sp³-hybridized carbons (Fsp3) is 0.455. The van der Waals surface area contributed by atoms with Gasteiger partial charge in [0.1, 0.15) is 23.6 Å². The van der Waals surface area contributed by atoms with Gasteiger partial charge in [-0.05, 0) is 55.9 Å². The van der Waals surface area contributed by atoms with Crippen molar-refractivity contribution < 1.29 is 31.9 Å². The molecule has 0 radical (unpaired) electrons. The average molecular weight is 714 g/mol. The molecule has 0 unspecified atom stereocenters. The van der Waals surface area contributed by atoms with Crippen LogP contribution in [0.2, 0.25) is 0 Å². The lowest BCUT2D eigenvalue weighted by Crippen LogP contribution is -2.51. The molecular formula is C33H35F4N9O5. The lowest BCUT2D eigenvalue weighted by Gasteiger charge is -2.36. The van der Waals surface area contributed by atoms with E-state index >= 15 is 0 Å². The van der Waals surface area contributed by atoms with Crippen molar-refractivity contribution in [2.24, 2.45) is 0 Å². The highest BCUT2D eigenvalue weighted by Gasteiger charge is 2.35. The second kappa shape index (κ2) is 13.1. The number of nitrogens with zero attached hydrogens (tertiary/aromatic N) is 7. The monoisotopic (exact) mass is 713 g/mol. The number of aromatic nitrogens is 6. The van der Waals surface area contributed by atoms with E-state index in [9.17, 15) is 36.7 Å². The maximum atomic E-state index is 14.4. The van der Waals surface area contributed by atoms with Crippen molar-refractivity contribution in [3.63, 3.8) is 0 Å². The maximum Gasteiger partial charge on any atom is 0.419 e. The summed E-state index contributed by atoms with van der Waals surface area (Å²) in [6.45, 7) is 4.36. The number of H-pyrrole nitrogens is 1. The quantitative estimate of drug-likeness (QED) is 0.265. The van der Waals surface area contributed by atoms with E-state index in [1.54, 1.807) is 11.8 Å². The summed E-state index contributed by atoms with van der Waals surface area (Å²) in [5, 5.41) is 9.92. The normalized spacial score (nSPS) is 16.9. The number of hydrogen-bond donors (Lipinski definition) is 2. The van der Waals surface area contributed by atoms with Crippen LogP contribution in [0.3, 0.4) is 0 Å². The van der Waals surface area contributed by atoms with Crippen molar-refractivity contribution in [3.8, 4) is 0 Å². The van der Waals surface area contributed by atoms with E-state index in [0.29, 0.717) is 37.5 Å². The number of carbonyl (C=O) groups excluding carboxylic acids is 2. The molecule has 0 atom stereocenters. The molecule has 1 saturated heterocycles. The highest BCUT2D eigenvalue weighted by atomic mass is 19.4. The van der Waals surface area contributed by atoms with E-state index < -0.39 is 41.5 Å². The number of ether oxygens (including phenoxy) is 1. The zero-order chi connectivity index (χ0) is 36.2. The van der Waals surface area contributed by atoms with Gasteiger partial charge in [-0.15, -0.1) is 5.10 Å². The van der Waals surface area contributed by atoms with Gasteiger partial charge in [-0.25, -0.2) is 9.07 Å². The topological polar surface area (TPSA) is 152 Å². The van der Waals surface area contributed by atoms with Gasteiger partial charge >= 0.3 is 6.18 Å². The van der Waals surface area contributed by atoms with Gasteiger partial charge in [-0.2, -0.15) is 22.7 Å². The van der Waals surface area contributed by atoms with Crippen LogP contribution in [-0.4, -0.2) is 85.1 Å². The molecule has 2 aliphatic heterocycles. The first kappa shape index (κ1) is 34.2. The second-order valence-electron chi connectivity index (χ2n) is 12.8. The molecule has 5 heterocycles. The van der Waals surface area contributed by atoms with Gasteiger partial charge in [-0.3, -0.25) is 19.2 Å². The minimum atomic E-state index is -4.91. The van der Waals surface area contributed by atoms with Crippen LogP contribution in [0.5, 0.6) is 0 Å². The number of alkyl halides is 3. The van der Waals surface area contributed by atoms with Crippen molar-refractivity contribution >= 4 is 34.5 Å². The van der Waals surface area contributed by atoms with Gasteiger partial charge in [0.15, 0.2) is 5.82 Å². The number of benzene rings is 1. The fourth-order valence-electron chi connectivity index (χ4n) is 6.61. The predicted molar refractivity (Wildman–Crippen MR) is 176 cm³/mol. The number of anilines is 2. The smallest absolute Gasteiger partial charge is 0.377 e. The number of fused-ring (bicyclic) bond motifs is 1. The Hall–Kier alpha value is -5.26. The van der Waals surface area contributed by atoms with Crippen molar-refractivity contribution in [1.82, 2.24) is 33.8 Å². The molecule has 14 nitrogen and oxygen atoms in total. The third-order valence-electron chi connectivity index (χ3n) is 9.43. The molecule has 1 aliphatic carbocycles. The number of carbonyl (C=O) groups is 2. The number of hydrogen-bond acceptors (Lipinski definition) is 8. The zero-order valence-corrected chi connectivity index (χ0v) is 27.8. The van der Waals surface area contributed by atoms with Crippen molar-refractivity contribution in [2.75, 3.05) is 49.6 Å². The first-order valence-electron chi connectivity index (χ1n) is 16.7. The maximum absolute atomic E-state index is 14.4. The molecule has 1 aromatic carbocycles. The molecule has 3 aromatic heterocycles. The Morgan fingerprint density at radius 3 is 2.49 bits per heavy atom. The molecule has 2 amide bonds. The van der Waals surface area contributed by atoms with Gasteiger partial charge in [0.2, 0.25) is 11.7 Å². The van der Waals surface area contributed by atoms with Gasteiger partial charge < -0.3 is 29.5 Å². The summed E-state index contributed by atoms with van der Waals surface area (Å²) in [7, 11) is 0. The minimum absolute atomic E-state index is 0.00765. The summed E-state index contributed by atoms with van der Waals surface area (Å²) in [5.74, 6) is -2.28. The third-order valence-corrected chi connectivity index (χ3v) is 9.43. The van der Waals surface area contributed by atoms with Gasteiger partial charge in [-0.1, -0.05) is 13.0 Å². The molecule has 4 aromatic rings. The standard InChI is InChI=1S/C33H35F4N9O5/c1-3-25-27(42-8-10-43(11-9-42)29(48)21-16-38-45(30(21)49)20-4-5-20)31(50)46-32(40-28(41-46)19-6-12-51-13-7-19)44(25)17-26(47)39-24-15-23(34)22(14-18(24)2)33(35,36)37/h6,14-16,20,38H,3-5,7-13,17H2,1-2H3,(H,39,47). The predicted octanol–water partition coefficient (Wildman–Crippen LogP) is 3.15. The largest absolute Gasteiger partial charge is 0.419 e. The Morgan fingerprint density at radius 2 is 1.84 bits per heavy atom. The Balaban J connectivity index is 1.21. The Kier molecular flexibility index (Phi) is 8.81. The highest BCUT2D eigenvalue weighted by Crippen LogP contribution is 2.35. The SMILES string of the molecule is CCc1c(N2CCN(C(=O)c3c[nH]n(C4CC4)c3=O)CC2)c(=O)n2nc(C3=CCOCC3)nc2n1CC(=O)Nc1cc(F)c(C(F)(F)F)cc1C. The molecular weight excluding hydrogens is 678 g/mol. The number of amides is 2. The summed E-state index contributed by atoms with van der Waals surface area (Å²) in [6.07, 6.45) is 0.855. The lowest BCUT2D eigenvalue weighted by molar-refractivity contribution is -0.140. The Labute approximate surface area is 287 Å². The van der Waals surface area contributed by atoms with E-state index in [4.69, 9.17) is 4.74 Å². The lowest BCUT2D eigenvalue weighted by atomic mass is 10.1. The number of rotatable bonds is 8. The number of aromatic amines is 1. The highest BCUT2D eigenvalue weighted by molar-refractivity contribution is 5.94. The first-order chi connectivity index (χ1) is 24.3. The van der Waals surface area contributed by atoms with Crippen molar-refractivity contribution in [2.45, 2.75) is 58.3 Å². The van der Waals surface area contributed by atoms with Crippen molar-refractivity contribution in [3.05, 3.63) is 79.1 Å². The molecule has 7 rings (SSSR count). The van der Waals surface area contributed by atoms with Crippen LogP contribution >= 0.6 is 0 Å². The first-order valence-corrected chi connectivity index (χ1v) is 16.7. The van der Waals surface area contributed by atoms with Crippen molar-refractivity contribution in [1.29, 1.82) is 0 Å². The number of nitrogens with one attached hydrogen (secondary N) is 2. The van der Waals surface area contributed by atoms with Crippen LogP contribution in [0.1, 0.15) is 65.2 Å². The fourth-order valence-corrected chi connectivity index (χ4v) is 6.61. The number of piperazine rings is 1. The molecule has 18 heteroatoms. The van der Waals surface area contributed by atoms with E-state index in [0.717, 1.165) is 22.9 Å². The summed E-state index contributed by atoms with van der Waals surface area (Å²) in [4.78, 5) is 61.9. The van der Waals surface area contributed by atoms with E-state index in [2.05, 4.69) is 20.5 Å². The van der Waals surface area contributed by atoms with E-state index in [1.165, 1.54) is 22.4 Å². The molecule has 2 N–H and O–H groups in total. The molecule has 1 saturated carbocycles. The summed E-state index contributed by atoms with van der Waals surface area (Å²) >= 11 is 0. The second-order valence-corrected chi connectivity index (χ2v) is 12.8. The minimum Gasteiger partial charge on any atom is -0.377 e. The molecule has 0 spiro atoms. The zero-order valence-electron chi connectivity index (χ0n) is 27.8. The summed E-state index contributed by atoms with van der Waals surface area (Å²) < 4.78 is 63.8. The summed E-state index contributed by atoms with van der Waals surface area (Å²) in [5.41, 5.74) is -0.914. The van der Waals surface area contributed by atoms with Crippen LogP contribution in [0, 0.1) is 12.7 Å². The van der Waals surface area contributed by atoms with E-state index in [1.807, 2.05) is 11.0 Å². The van der Waals surface area contributed by atoms with Crippen LogP contribution < -0.4 is 21.3 Å². The molecule has 51 heavy (non-hydrogen) atoms. The number of aryl methyl sites for hydroxylation is 1. The molecule has 270 valence electrons. The van der Waals surface area contributed by atoms with Crippen LogP contribution in [-0.2, 0) is 28.7 Å². The van der Waals surface area contributed by atoms with Gasteiger partial charge in [0.05, 0.1) is 30.5 Å². The van der Waals surface area contributed by atoms with E-state index in [-0.39, 0.29) is 78.3 Å². The number of halogens is 4. The van der Waals surface area contributed by atoms with Gasteiger partial charge in [0, 0.05) is 38.1 Å². The van der Waals surface area contributed by atoms with Crippen LogP contribution in [0.4, 0.5) is 28.9 Å². The van der Waals surface area contributed by atoms with Crippen LogP contribution in [0.15, 0.2) is 34.0 Å². The molecule has 0 bridgehead atoms. The third kappa shape index (κ3) is 6.43. The Morgan fingerprint density at radius 1 is 1.10 bits per heavy atom. The molecule has 3 aliphatic rings. The molecule has 2 fully saturated rings.